The van der Waals surface area contributed by atoms with Crippen molar-refractivity contribution < 1.29 is 13.2 Å². The van der Waals surface area contributed by atoms with Crippen LogP contribution in [0.2, 0.25) is 0 Å². The van der Waals surface area contributed by atoms with Crippen LogP contribution in [-0.2, 0) is 6.18 Å². The van der Waals surface area contributed by atoms with Crippen LogP contribution in [0.15, 0.2) is 24.3 Å². The first-order valence-corrected chi connectivity index (χ1v) is 6.81. The van der Waals surface area contributed by atoms with E-state index in [0.29, 0.717) is 17.5 Å². The molecule has 1 aromatic carbocycles. The Kier molecular flexibility index (Phi) is 4.07. The van der Waals surface area contributed by atoms with Gasteiger partial charge in [-0.05, 0) is 36.5 Å². The zero-order valence-electron chi connectivity index (χ0n) is 11.3. The van der Waals surface area contributed by atoms with Gasteiger partial charge in [0.1, 0.15) is 0 Å². The van der Waals surface area contributed by atoms with Crippen LogP contribution in [0.25, 0.3) is 0 Å². The molecule has 0 radical (unpaired) electrons. The normalized spacial score (nSPS) is 28.2. The number of alkyl halides is 3. The van der Waals surface area contributed by atoms with Gasteiger partial charge in [0.2, 0.25) is 0 Å². The van der Waals surface area contributed by atoms with E-state index in [0.717, 1.165) is 18.9 Å². The largest absolute Gasteiger partial charge is 0.416 e. The summed E-state index contributed by atoms with van der Waals surface area (Å²) >= 11 is 0. The molecule has 0 amide bonds. The first-order chi connectivity index (χ1) is 8.88. The van der Waals surface area contributed by atoms with Gasteiger partial charge in [-0.2, -0.15) is 13.2 Å². The second-order valence-electron chi connectivity index (χ2n) is 5.60. The van der Waals surface area contributed by atoms with E-state index in [-0.39, 0.29) is 6.04 Å². The van der Waals surface area contributed by atoms with E-state index in [1.54, 1.807) is 6.07 Å². The van der Waals surface area contributed by atoms with Crippen LogP contribution < -0.4 is 5.32 Å². The molecular weight excluding hydrogens is 251 g/mol. The van der Waals surface area contributed by atoms with Crippen molar-refractivity contribution in [1.82, 2.24) is 0 Å². The van der Waals surface area contributed by atoms with Crippen LogP contribution in [0.4, 0.5) is 18.9 Å². The first kappa shape index (κ1) is 14.2. The Bertz CT molecular complexity index is 428. The summed E-state index contributed by atoms with van der Waals surface area (Å²) in [6, 6.07) is 5.75. The molecule has 106 valence electrons. The molecule has 0 spiro atoms. The van der Waals surface area contributed by atoms with Crippen LogP contribution in [-0.4, -0.2) is 6.04 Å². The number of hydrogen-bond donors (Lipinski definition) is 1. The lowest BCUT2D eigenvalue weighted by Gasteiger charge is -2.35. The number of nitrogens with one attached hydrogen (secondary N) is 1. The van der Waals surface area contributed by atoms with Crippen LogP contribution >= 0.6 is 0 Å². The minimum Gasteiger partial charge on any atom is -0.382 e. The number of rotatable bonds is 2. The summed E-state index contributed by atoms with van der Waals surface area (Å²) in [6.45, 7) is 4.39. The van der Waals surface area contributed by atoms with E-state index in [9.17, 15) is 13.2 Å². The molecule has 1 N–H and O–H groups in total. The van der Waals surface area contributed by atoms with E-state index < -0.39 is 11.7 Å². The van der Waals surface area contributed by atoms with Crippen LogP contribution in [0.1, 0.15) is 38.7 Å². The maximum atomic E-state index is 12.7. The summed E-state index contributed by atoms with van der Waals surface area (Å²) < 4.78 is 38.0. The Balaban J connectivity index is 2.11. The van der Waals surface area contributed by atoms with Gasteiger partial charge in [0.25, 0.3) is 0 Å². The summed E-state index contributed by atoms with van der Waals surface area (Å²) in [5.41, 5.74) is -0.0187. The summed E-state index contributed by atoms with van der Waals surface area (Å²) in [5.74, 6) is 1.11. The van der Waals surface area contributed by atoms with E-state index in [2.05, 4.69) is 19.2 Å². The highest BCUT2D eigenvalue weighted by molar-refractivity contribution is 5.47. The van der Waals surface area contributed by atoms with Crippen molar-refractivity contribution in [2.45, 2.75) is 45.3 Å². The number of benzene rings is 1. The number of hydrogen-bond acceptors (Lipinski definition) is 1. The molecule has 0 aliphatic heterocycles. The minimum atomic E-state index is -4.27. The van der Waals surface area contributed by atoms with Crippen molar-refractivity contribution in [2.24, 2.45) is 11.8 Å². The molecule has 0 aromatic heterocycles. The number of anilines is 1. The average molecular weight is 271 g/mol. The topological polar surface area (TPSA) is 12.0 Å². The predicted octanol–water partition coefficient (Wildman–Crippen LogP) is 4.94. The highest BCUT2D eigenvalue weighted by atomic mass is 19.4. The highest BCUT2D eigenvalue weighted by Crippen LogP contribution is 2.34. The van der Waals surface area contributed by atoms with Gasteiger partial charge in [0.05, 0.1) is 5.56 Å². The summed E-state index contributed by atoms with van der Waals surface area (Å²) in [6.07, 6.45) is -0.894. The fourth-order valence-electron chi connectivity index (χ4n) is 2.79. The third-order valence-corrected chi connectivity index (χ3v) is 4.25. The van der Waals surface area contributed by atoms with Crippen LogP contribution in [0, 0.1) is 11.8 Å². The zero-order chi connectivity index (χ0) is 14.0. The molecule has 2 rings (SSSR count). The Morgan fingerprint density at radius 3 is 2.58 bits per heavy atom. The van der Waals surface area contributed by atoms with Crippen molar-refractivity contribution in [1.29, 1.82) is 0 Å². The second kappa shape index (κ2) is 5.43. The lowest BCUT2D eigenvalue weighted by Crippen LogP contribution is -2.35. The van der Waals surface area contributed by atoms with E-state index in [4.69, 9.17) is 0 Å². The Morgan fingerprint density at radius 2 is 1.89 bits per heavy atom. The third kappa shape index (κ3) is 3.43. The van der Waals surface area contributed by atoms with Gasteiger partial charge in [-0.15, -0.1) is 0 Å². The number of halogens is 3. The van der Waals surface area contributed by atoms with Gasteiger partial charge in [0.15, 0.2) is 0 Å². The van der Waals surface area contributed by atoms with E-state index >= 15 is 0 Å². The van der Waals surface area contributed by atoms with Crippen molar-refractivity contribution >= 4 is 5.69 Å². The van der Waals surface area contributed by atoms with Crippen molar-refractivity contribution in [3.8, 4) is 0 Å². The Morgan fingerprint density at radius 1 is 1.16 bits per heavy atom. The molecule has 1 aromatic rings. The molecule has 1 fully saturated rings. The fraction of sp³-hybridized carbons (Fsp3) is 0.600. The van der Waals surface area contributed by atoms with Gasteiger partial charge in [0, 0.05) is 11.7 Å². The fourth-order valence-corrected chi connectivity index (χ4v) is 2.79. The van der Waals surface area contributed by atoms with Crippen LogP contribution in [0.5, 0.6) is 0 Å². The first-order valence-electron chi connectivity index (χ1n) is 6.81. The maximum Gasteiger partial charge on any atom is 0.416 e. The summed E-state index contributed by atoms with van der Waals surface area (Å²) in [7, 11) is 0. The van der Waals surface area contributed by atoms with E-state index in [1.807, 2.05) is 0 Å². The zero-order valence-corrected chi connectivity index (χ0v) is 11.3. The molecule has 0 saturated heterocycles. The molecule has 0 heterocycles. The monoisotopic (exact) mass is 271 g/mol. The van der Waals surface area contributed by atoms with Gasteiger partial charge in [-0.3, -0.25) is 0 Å². The summed E-state index contributed by atoms with van der Waals surface area (Å²) in [4.78, 5) is 0. The molecule has 3 atom stereocenters. The second-order valence-corrected chi connectivity index (χ2v) is 5.60. The quantitative estimate of drug-likeness (QED) is 0.803. The average Bonchev–Trinajstić information content (AvgIpc) is 2.34. The van der Waals surface area contributed by atoms with E-state index in [1.165, 1.54) is 18.6 Å². The van der Waals surface area contributed by atoms with Gasteiger partial charge in [-0.1, -0.05) is 32.8 Å². The van der Waals surface area contributed by atoms with Gasteiger partial charge >= 0.3 is 6.18 Å². The molecule has 4 heteroatoms. The molecule has 1 nitrogen and oxygen atoms in total. The molecular formula is C15H20F3N. The van der Waals surface area contributed by atoms with Crippen molar-refractivity contribution in [2.75, 3.05) is 5.32 Å². The lowest BCUT2D eigenvalue weighted by molar-refractivity contribution is -0.137. The predicted molar refractivity (Wildman–Crippen MR) is 71.0 cm³/mol. The molecule has 3 unspecified atom stereocenters. The minimum absolute atomic E-state index is 0.271. The molecule has 19 heavy (non-hydrogen) atoms. The lowest BCUT2D eigenvalue weighted by atomic mass is 9.78. The SMILES string of the molecule is CC1CCCC(Nc2cccc(C(F)(F)F)c2)C1C. The molecule has 0 bridgehead atoms. The van der Waals surface area contributed by atoms with Crippen LogP contribution in [0.3, 0.4) is 0 Å². The molecule has 1 aliphatic carbocycles. The molecule has 1 aliphatic rings. The molecule has 1 saturated carbocycles. The third-order valence-electron chi connectivity index (χ3n) is 4.25. The summed E-state index contributed by atoms with van der Waals surface area (Å²) in [5, 5.41) is 3.27. The Hall–Kier alpha value is -1.19. The standard InChI is InChI=1S/C15H20F3N/c1-10-5-3-8-14(11(10)2)19-13-7-4-6-12(9-13)15(16,17)18/h4,6-7,9-11,14,19H,3,5,8H2,1-2H3. The highest BCUT2D eigenvalue weighted by Gasteiger charge is 2.31. The van der Waals surface area contributed by atoms with Gasteiger partial charge in [-0.25, -0.2) is 0 Å². The van der Waals surface area contributed by atoms with Crippen molar-refractivity contribution in [3.05, 3.63) is 29.8 Å². The smallest absolute Gasteiger partial charge is 0.382 e. The maximum absolute atomic E-state index is 12.7. The van der Waals surface area contributed by atoms with Gasteiger partial charge < -0.3 is 5.32 Å². The Labute approximate surface area is 112 Å². The van der Waals surface area contributed by atoms with Crippen molar-refractivity contribution in [3.63, 3.8) is 0 Å².